The van der Waals surface area contributed by atoms with Crippen molar-refractivity contribution in [1.29, 1.82) is 0 Å². The molecule has 0 saturated carbocycles. The summed E-state index contributed by atoms with van der Waals surface area (Å²) in [6.45, 7) is 0.730. The Morgan fingerprint density at radius 1 is 1.53 bits per heavy atom. The third kappa shape index (κ3) is 2.07. The van der Waals surface area contributed by atoms with Crippen molar-refractivity contribution in [2.75, 3.05) is 13.7 Å². The van der Waals surface area contributed by atoms with Crippen LogP contribution in [0.4, 0.5) is 0 Å². The van der Waals surface area contributed by atoms with Crippen LogP contribution >= 0.6 is 0 Å². The minimum atomic E-state index is 0.278. The van der Waals surface area contributed by atoms with Crippen molar-refractivity contribution < 1.29 is 9.47 Å². The van der Waals surface area contributed by atoms with Crippen LogP contribution in [0.15, 0.2) is 18.2 Å². The number of rotatable bonds is 4. The van der Waals surface area contributed by atoms with Crippen molar-refractivity contribution in [3.05, 3.63) is 23.8 Å². The monoisotopic (exact) mass is 207 g/mol. The fourth-order valence-electron chi connectivity index (χ4n) is 1.98. The van der Waals surface area contributed by atoms with Crippen LogP contribution in [0, 0.1) is 0 Å². The van der Waals surface area contributed by atoms with Gasteiger partial charge in [0.15, 0.2) is 11.5 Å². The van der Waals surface area contributed by atoms with Crippen LogP contribution in [-0.2, 0) is 6.42 Å². The first-order chi connectivity index (χ1) is 7.35. The molecule has 1 unspecified atom stereocenters. The lowest BCUT2D eigenvalue weighted by molar-refractivity contribution is 0.211. The number of nitrogens with two attached hydrogens (primary N) is 1. The second kappa shape index (κ2) is 4.53. The van der Waals surface area contributed by atoms with Gasteiger partial charge in [-0.15, -0.1) is 0 Å². The topological polar surface area (TPSA) is 44.5 Å². The molecule has 0 saturated heterocycles. The summed E-state index contributed by atoms with van der Waals surface area (Å²) < 4.78 is 11.1. The zero-order chi connectivity index (χ0) is 10.7. The van der Waals surface area contributed by atoms with Crippen LogP contribution in [0.2, 0.25) is 0 Å². The first-order valence-corrected chi connectivity index (χ1v) is 5.37. The van der Waals surface area contributed by atoms with E-state index in [1.807, 2.05) is 12.1 Å². The standard InChI is InChI=1S/C12H17NO2/c1-14-11-6-2-4-9-8-10(5-3-7-13)15-12(9)11/h2,4,6,10H,3,5,7-8,13H2,1H3. The quantitative estimate of drug-likeness (QED) is 0.817. The number of ether oxygens (including phenoxy) is 2. The first-order valence-electron chi connectivity index (χ1n) is 5.37. The van der Waals surface area contributed by atoms with Crippen LogP contribution in [0.3, 0.4) is 0 Å². The Morgan fingerprint density at radius 3 is 3.13 bits per heavy atom. The molecule has 1 aliphatic heterocycles. The fourth-order valence-corrected chi connectivity index (χ4v) is 1.98. The molecule has 3 nitrogen and oxygen atoms in total. The van der Waals surface area contributed by atoms with Gasteiger partial charge >= 0.3 is 0 Å². The zero-order valence-corrected chi connectivity index (χ0v) is 9.03. The zero-order valence-electron chi connectivity index (χ0n) is 9.03. The van der Waals surface area contributed by atoms with E-state index >= 15 is 0 Å². The predicted molar refractivity (Wildman–Crippen MR) is 59.4 cm³/mol. The van der Waals surface area contributed by atoms with E-state index in [4.69, 9.17) is 15.2 Å². The van der Waals surface area contributed by atoms with Gasteiger partial charge in [0.25, 0.3) is 0 Å². The van der Waals surface area contributed by atoms with Gasteiger partial charge in [0.1, 0.15) is 6.10 Å². The third-order valence-corrected chi connectivity index (χ3v) is 2.74. The van der Waals surface area contributed by atoms with E-state index in [2.05, 4.69) is 6.07 Å². The second-order valence-corrected chi connectivity index (χ2v) is 3.82. The average Bonchev–Trinajstić information content (AvgIpc) is 2.68. The summed E-state index contributed by atoms with van der Waals surface area (Å²) in [6, 6.07) is 6.04. The summed E-state index contributed by atoms with van der Waals surface area (Å²) in [4.78, 5) is 0. The van der Waals surface area contributed by atoms with Crippen LogP contribution in [0.25, 0.3) is 0 Å². The molecule has 0 aliphatic carbocycles. The largest absolute Gasteiger partial charge is 0.493 e. The van der Waals surface area contributed by atoms with Gasteiger partial charge in [-0.1, -0.05) is 12.1 Å². The Hall–Kier alpha value is -1.22. The van der Waals surface area contributed by atoms with Gasteiger partial charge in [0, 0.05) is 12.0 Å². The fraction of sp³-hybridized carbons (Fsp3) is 0.500. The Balaban J connectivity index is 2.09. The van der Waals surface area contributed by atoms with Crippen molar-refractivity contribution in [2.24, 2.45) is 5.73 Å². The molecule has 3 heteroatoms. The lowest BCUT2D eigenvalue weighted by Gasteiger charge is -2.10. The van der Waals surface area contributed by atoms with Gasteiger partial charge in [-0.2, -0.15) is 0 Å². The molecule has 1 aromatic rings. The van der Waals surface area contributed by atoms with E-state index < -0.39 is 0 Å². The van der Waals surface area contributed by atoms with Gasteiger partial charge in [-0.05, 0) is 25.5 Å². The smallest absolute Gasteiger partial charge is 0.164 e. The van der Waals surface area contributed by atoms with Crippen LogP contribution in [0.1, 0.15) is 18.4 Å². The number of hydrogen-bond acceptors (Lipinski definition) is 3. The molecule has 2 rings (SSSR count). The SMILES string of the molecule is COc1cccc2c1OC(CCCN)C2. The summed E-state index contributed by atoms with van der Waals surface area (Å²) in [7, 11) is 1.67. The molecule has 1 aromatic carbocycles. The third-order valence-electron chi connectivity index (χ3n) is 2.74. The summed E-state index contributed by atoms with van der Waals surface area (Å²) in [5.41, 5.74) is 6.73. The maximum absolute atomic E-state index is 5.85. The van der Waals surface area contributed by atoms with E-state index in [9.17, 15) is 0 Å². The second-order valence-electron chi connectivity index (χ2n) is 3.82. The lowest BCUT2D eigenvalue weighted by atomic mass is 10.1. The van der Waals surface area contributed by atoms with E-state index in [1.165, 1.54) is 5.56 Å². The Bertz CT molecular complexity index is 338. The number of hydrogen-bond donors (Lipinski definition) is 1. The Morgan fingerprint density at radius 2 is 2.40 bits per heavy atom. The highest BCUT2D eigenvalue weighted by Gasteiger charge is 2.24. The van der Waals surface area contributed by atoms with Gasteiger partial charge in [-0.25, -0.2) is 0 Å². The highest BCUT2D eigenvalue weighted by molar-refractivity contribution is 5.49. The molecule has 1 heterocycles. The molecule has 2 N–H and O–H groups in total. The molecule has 0 fully saturated rings. The maximum atomic E-state index is 5.85. The lowest BCUT2D eigenvalue weighted by Crippen LogP contribution is -2.14. The predicted octanol–water partition coefficient (Wildman–Crippen LogP) is 1.74. The van der Waals surface area contributed by atoms with E-state index in [0.717, 1.165) is 37.3 Å². The van der Waals surface area contributed by atoms with E-state index in [0.29, 0.717) is 0 Å². The molecule has 0 bridgehead atoms. The molecular weight excluding hydrogens is 190 g/mol. The van der Waals surface area contributed by atoms with E-state index in [1.54, 1.807) is 7.11 Å². The summed E-state index contributed by atoms with van der Waals surface area (Å²) in [5.74, 6) is 1.75. The minimum Gasteiger partial charge on any atom is -0.493 e. The van der Waals surface area contributed by atoms with Gasteiger partial charge in [0.2, 0.25) is 0 Å². The van der Waals surface area contributed by atoms with Crippen LogP contribution < -0.4 is 15.2 Å². The summed E-state index contributed by atoms with van der Waals surface area (Å²) >= 11 is 0. The van der Waals surface area contributed by atoms with Crippen molar-refractivity contribution in [1.82, 2.24) is 0 Å². The summed E-state index contributed by atoms with van der Waals surface area (Å²) in [6.07, 6.45) is 3.29. The minimum absolute atomic E-state index is 0.278. The van der Waals surface area contributed by atoms with Crippen molar-refractivity contribution in [3.8, 4) is 11.5 Å². The van der Waals surface area contributed by atoms with Crippen LogP contribution in [0.5, 0.6) is 11.5 Å². The molecule has 15 heavy (non-hydrogen) atoms. The molecular formula is C12H17NO2. The molecule has 1 atom stereocenters. The van der Waals surface area contributed by atoms with Gasteiger partial charge in [-0.3, -0.25) is 0 Å². The average molecular weight is 207 g/mol. The molecule has 82 valence electrons. The van der Waals surface area contributed by atoms with Crippen molar-refractivity contribution in [2.45, 2.75) is 25.4 Å². The van der Waals surface area contributed by atoms with Gasteiger partial charge in [0.05, 0.1) is 7.11 Å². The highest BCUT2D eigenvalue weighted by atomic mass is 16.5. The first kappa shape index (κ1) is 10.3. The maximum Gasteiger partial charge on any atom is 0.164 e. The molecule has 1 aliphatic rings. The Labute approximate surface area is 90.2 Å². The molecule has 0 amide bonds. The van der Waals surface area contributed by atoms with Crippen molar-refractivity contribution in [3.63, 3.8) is 0 Å². The molecule has 0 spiro atoms. The number of methoxy groups -OCH3 is 1. The Kier molecular flexibility index (Phi) is 3.11. The van der Waals surface area contributed by atoms with Gasteiger partial charge < -0.3 is 15.2 Å². The highest BCUT2D eigenvalue weighted by Crippen LogP contribution is 2.38. The van der Waals surface area contributed by atoms with Crippen molar-refractivity contribution >= 4 is 0 Å². The van der Waals surface area contributed by atoms with E-state index in [-0.39, 0.29) is 6.10 Å². The molecule has 0 aromatic heterocycles. The van der Waals surface area contributed by atoms with Crippen LogP contribution in [-0.4, -0.2) is 19.8 Å². The normalized spacial score (nSPS) is 18.4. The number of benzene rings is 1. The molecule has 0 radical (unpaired) electrons. The number of fused-ring (bicyclic) bond motifs is 1. The number of para-hydroxylation sites is 1. The summed E-state index contributed by atoms with van der Waals surface area (Å²) in [5, 5.41) is 0.